The van der Waals surface area contributed by atoms with Gasteiger partial charge in [0.2, 0.25) is 0 Å². The van der Waals surface area contributed by atoms with Gasteiger partial charge in [-0.05, 0) is 20.8 Å². The predicted molar refractivity (Wildman–Crippen MR) is 54.9 cm³/mol. The molecule has 0 bridgehead atoms. The summed E-state index contributed by atoms with van der Waals surface area (Å²) in [5, 5.41) is 18.2. The van der Waals surface area contributed by atoms with Crippen molar-refractivity contribution < 1.29 is 15.0 Å². The van der Waals surface area contributed by atoms with Crippen molar-refractivity contribution in [3.8, 4) is 0 Å². The second-order valence-electron chi connectivity index (χ2n) is 4.35. The minimum absolute atomic E-state index is 0.112. The van der Waals surface area contributed by atoms with E-state index >= 15 is 0 Å². The fourth-order valence-corrected chi connectivity index (χ4v) is 0.865. The zero-order valence-electron chi connectivity index (χ0n) is 9.24. The minimum Gasteiger partial charge on any atom is -0.513 e. The maximum atomic E-state index is 11.5. The van der Waals surface area contributed by atoms with Crippen molar-refractivity contribution in [2.24, 2.45) is 0 Å². The van der Waals surface area contributed by atoms with Crippen LogP contribution in [0.15, 0.2) is 12.3 Å². The van der Waals surface area contributed by atoms with Crippen LogP contribution in [0, 0.1) is 0 Å². The van der Waals surface area contributed by atoms with E-state index in [9.17, 15) is 9.90 Å². The van der Waals surface area contributed by atoms with Gasteiger partial charge in [0, 0.05) is 19.0 Å². The Balaban J connectivity index is 4.40. The van der Waals surface area contributed by atoms with Gasteiger partial charge in [0.1, 0.15) is 6.10 Å². The van der Waals surface area contributed by atoms with Gasteiger partial charge in [-0.25, -0.2) is 0 Å². The van der Waals surface area contributed by atoms with Crippen LogP contribution in [0.4, 0.5) is 0 Å². The van der Waals surface area contributed by atoms with Crippen LogP contribution in [0.1, 0.15) is 27.2 Å². The SMILES string of the molecule is C=C(O)CC(O)C(=O)N(C)C(C)(C)C. The molecule has 82 valence electrons. The molecular weight excluding hydrogens is 182 g/mol. The first-order chi connectivity index (χ1) is 6.16. The lowest BCUT2D eigenvalue weighted by Gasteiger charge is -2.33. The highest BCUT2D eigenvalue weighted by Gasteiger charge is 2.27. The van der Waals surface area contributed by atoms with E-state index in [2.05, 4.69) is 6.58 Å². The van der Waals surface area contributed by atoms with Gasteiger partial charge >= 0.3 is 0 Å². The van der Waals surface area contributed by atoms with Crippen molar-refractivity contribution in [3.05, 3.63) is 12.3 Å². The number of hydrogen-bond donors (Lipinski definition) is 2. The number of hydrogen-bond acceptors (Lipinski definition) is 3. The molecule has 0 aliphatic heterocycles. The molecule has 0 radical (unpaired) electrons. The molecule has 2 N–H and O–H groups in total. The van der Waals surface area contributed by atoms with Gasteiger partial charge in [-0.2, -0.15) is 0 Å². The number of aliphatic hydroxyl groups excluding tert-OH is 2. The normalized spacial score (nSPS) is 13.5. The van der Waals surface area contributed by atoms with Crippen LogP contribution in [-0.4, -0.2) is 39.7 Å². The fourth-order valence-electron chi connectivity index (χ4n) is 0.865. The largest absolute Gasteiger partial charge is 0.513 e. The monoisotopic (exact) mass is 201 g/mol. The molecule has 0 spiro atoms. The van der Waals surface area contributed by atoms with Crippen LogP contribution in [0.25, 0.3) is 0 Å². The van der Waals surface area contributed by atoms with Gasteiger partial charge in [0.25, 0.3) is 5.91 Å². The summed E-state index contributed by atoms with van der Waals surface area (Å²) in [5.41, 5.74) is -0.338. The van der Waals surface area contributed by atoms with Crippen LogP contribution in [-0.2, 0) is 4.79 Å². The number of aliphatic hydroxyl groups is 2. The maximum Gasteiger partial charge on any atom is 0.252 e. The van der Waals surface area contributed by atoms with Crippen LogP contribution in [0.2, 0.25) is 0 Å². The van der Waals surface area contributed by atoms with E-state index in [0.29, 0.717) is 0 Å². The van der Waals surface area contributed by atoms with Gasteiger partial charge in [0.05, 0.1) is 5.76 Å². The molecule has 0 saturated carbocycles. The summed E-state index contributed by atoms with van der Waals surface area (Å²) in [4.78, 5) is 13.0. The van der Waals surface area contributed by atoms with E-state index in [-0.39, 0.29) is 17.7 Å². The summed E-state index contributed by atoms with van der Waals surface area (Å²) in [6, 6.07) is 0. The van der Waals surface area contributed by atoms with E-state index in [1.165, 1.54) is 4.90 Å². The lowest BCUT2D eigenvalue weighted by Crippen LogP contribution is -2.47. The molecule has 4 nitrogen and oxygen atoms in total. The van der Waals surface area contributed by atoms with Crippen molar-refractivity contribution >= 4 is 5.91 Å². The first kappa shape index (κ1) is 13.0. The molecule has 4 heteroatoms. The van der Waals surface area contributed by atoms with Crippen LogP contribution in [0.5, 0.6) is 0 Å². The molecule has 0 saturated heterocycles. The topological polar surface area (TPSA) is 60.8 Å². The van der Waals surface area contributed by atoms with Crippen LogP contribution >= 0.6 is 0 Å². The Morgan fingerprint density at radius 2 is 1.93 bits per heavy atom. The molecule has 1 atom stereocenters. The van der Waals surface area contributed by atoms with E-state index in [4.69, 9.17) is 5.11 Å². The average Bonchev–Trinajstić information content (AvgIpc) is 1.98. The van der Waals surface area contributed by atoms with Crippen LogP contribution in [0.3, 0.4) is 0 Å². The molecule has 0 heterocycles. The number of carbonyl (C=O) groups is 1. The zero-order chi connectivity index (χ0) is 11.5. The summed E-state index contributed by atoms with van der Waals surface area (Å²) in [6.45, 7) is 8.82. The molecule has 0 rings (SSSR count). The quantitative estimate of drug-likeness (QED) is 0.671. The molecule has 0 aromatic heterocycles. The van der Waals surface area contributed by atoms with E-state index in [0.717, 1.165) is 0 Å². The third-order valence-electron chi connectivity index (χ3n) is 2.05. The number of likely N-dealkylation sites (N-methyl/N-ethyl adjacent to an activating group) is 1. The molecule has 0 aliphatic rings. The molecule has 0 fully saturated rings. The molecular formula is C10H19NO3. The van der Waals surface area contributed by atoms with Crippen molar-refractivity contribution in [2.45, 2.75) is 38.8 Å². The molecule has 14 heavy (non-hydrogen) atoms. The van der Waals surface area contributed by atoms with Gasteiger partial charge in [0.15, 0.2) is 0 Å². The van der Waals surface area contributed by atoms with Crippen molar-refractivity contribution in [3.63, 3.8) is 0 Å². The number of nitrogens with zero attached hydrogens (tertiary/aromatic N) is 1. The highest BCUT2D eigenvalue weighted by Crippen LogP contribution is 2.13. The van der Waals surface area contributed by atoms with Gasteiger partial charge in [-0.3, -0.25) is 4.79 Å². The van der Waals surface area contributed by atoms with Crippen LogP contribution < -0.4 is 0 Å². The van der Waals surface area contributed by atoms with E-state index < -0.39 is 12.0 Å². The first-order valence-corrected chi connectivity index (χ1v) is 4.48. The Morgan fingerprint density at radius 3 is 2.21 bits per heavy atom. The Bertz CT molecular complexity index is 230. The standard InChI is InChI=1S/C10H19NO3/c1-7(12)6-8(13)9(14)11(5)10(2,3)4/h8,12-13H,1,6H2,2-5H3. The van der Waals surface area contributed by atoms with E-state index in [1.807, 2.05) is 20.8 Å². The Morgan fingerprint density at radius 1 is 1.50 bits per heavy atom. The first-order valence-electron chi connectivity index (χ1n) is 4.48. The van der Waals surface area contributed by atoms with Gasteiger partial charge in [-0.15, -0.1) is 0 Å². The highest BCUT2D eigenvalue weighted by atomic mass is 16.3. The number of carbonyl (C=O) groups excluding carboxylic acids is 1. The Labute approximate surface area is 84.8 Å². The maximum absolute atomic E-state index is 11.5. The number of amides is 1. The molecule has 0 aliphatic carbocycles. The average molecular weight is 201 g/mol. The molecule has 0 aromatic rings. The smallest absolute Gasteiger partial charge is 0.252 e. The van der Waals surface area contributed by atoms with Crippen molar-refractivity contribution in [1.29, 1.82) is 0 Å². The lowest BCUT2D eigenvalue weighted by atomic mass is 10.1. The lowest BCUT2D eigenvalue weighted by molar-refractivity contribution is -0.143. The van der Waals surface area contributed by atoms with Crippen molar-refractivity contribution in [2.75, 3.05) is 7.05 Å². The summed E-state index contributed by atoms with van der Waals surface area (Å²) in [6.07, 6.45) is -1.32. The van der Waals surface area contributed by atoms with Crippen molar-refractivity contribution in [1.82, 2.24) is 4.90 Å². The predicted octanol–water partition coefficient (Wildman–Crippen LogP) is 1.07. The minimum atomic E-state index is -1.21. The summed E-state index contributed by atoms with van der Waals surface area (Å²) in [7, 11) is 1.62. The van der Waals surface area contributed by atoms with Gasteiger partial charge in [-0.1, -0.05) is 6.58 Å². The Kier molecular flexibility index (Phi) is 4.13. The summed E-state index contributed by atoms with van der Waals surface area (Å²) >= 11 is 0. The zero-order valence-corrected chi connectivity index (χ0v) is 9.24. The molecule has 1 amide bonds. The Hall–Kier alpha value is -1.03. The third-order valence-corrected chi connectivity index (χ3v) is 2.05. The van der Waals surface area contributed by atoms with Gasteiger partial charge < -0.3 is 15.1 Å². The fraction of sp³-hybridized carbons (Fsp3) is 0.700. The molecule has 0 aromatic carbocycles. The summed E-state index contributed by atoms with van der Waals surface area (Å²) in [5.74, 6) is -0.596. The second kappa shape index (κ2) is 4.46. The summed E-state index contributed by atoms with van der Waals surface area (Å²) < 4.78 is 0. The molecule has 1 unspecified atom stereocenters. The van der Waals surface area contributed by atoms with E-state index in [1.54, 1.807) is 7.05 Å². The number of rotatable bonds is 3. The third kappa shape index (κ3) is 3.79. The highest BCUT2D eigenvalue weighted by molar-refractivity contribution is 5.81. The second-order valence-corrected chi connectivity index (χ2v) is 4.35.